The number of nitrogens with zero attached hydrogens (tertiary/aromatic N) is 2. The fourth-order valence-electron chi connectivity index (χ4n) is 1.41. The van der Waals surface area contributed by atoms with Crippen LogP contribution in [0.25, 0.3) is 0 Å². The second-order valence-corrected chi connectivity index (χ2v) is 4.95. The summed E-state index contributed by atoms with van der Waals surface area (Å²) in [6, 6.07) is 2.02. The number of ether oxygens (including phenoxy) is 1. The fourth-order valence-corrected chi connectivity index (χ4v) is 2.37. The van der Waals surface area contributed by atoms with Crippen LogP contribution in [0, 0.1) is 6.92 Å². The summed E-state index contributed by atoms with van der Waals surface area (Å²) < 4.78 is 6.75. The van der Waals surface area contributed by atoms with Crippen molar-refractivity contribution < 1.29 is 9.84 Å². The number of aryl methyl sites for hydroxylation is 2. The zero-order valence-electron chi connectivity index (χ0n) is 10.6. The molecule has 6 heteroatoms. The minimum Gasteiger partial charge on any atom is -0.391 e. The molecule has 1 heterocycles. The molecule has 17 heavy (non-hydrogen) atoms. The molecule has 1 unspecified atom stereocenters. The summed E-state index contributed by atoms with van der Waals surface area (Å²) >= 11 is 1.62. The third-order valence-electron chi connectivity index (χ3n) is 2.25. The number of aliphatic hydroxyl groups is 1. The Morgan fingerprint density at radius 2 is 2.41 bits per heavy atom. The van der Waals surface area contributed by atoms with E-state index in [1.165, 1.54) is 0 Å². The van der Waals surface area contributed by atoms with Gasteiger partial charge in [0.1, 0.15) is 0 Å². The maximum Gasteiger partial charge on any atom is 0.0940 e. The molecule has 0 radical (unpaired) electrons. The summed E-state index contributed by atoms with van der Waals surface area (Å²) in [7, 11) is 3.58. The van der Waals surface area contributed by atoms with Crippen LogP contribution in [0.2, 0.25) is 0 Å². The standard InChI is InChI=1S/C11H21N3O2S/c1-9-6-11(14(2)13-9)17-8-10(15)7-12-4-5-16-3/h6,10,12,15H,4-5,7-8H2,1-3H3. The molecule has 0 fully saturated rings. The van der Waals surface area contributed by atoms with Crippen LogP contribution in [0.4, 0.5) is 0 Å². The maximum absolute atomic E-state index is 9.75. The van der Waals surface area contributed by atoms with Crippen molar-refractivity contribution in [2.45, 2.75) is 18.1 Å². The van der Waals surface area contributed by atoms with Gasteiger partial charge in [0.05, 0.1) is 23.4 Å². The Labute approximate surface area is 107 Å². The van der Waals surface area contributed by atoms with E-state index in [0.717, 1.165) is 17.3 Å². The summed E-state index contributed by atoms with van der Waals surface area (Å²) in [6.07, 6.45) is -0.355. The minimum atomic E-state index is -0.355. The molecule has 0 aromatic carbocycles. The average molecular weight is 259 g/mol. The first-order valence-corrected chi connectivity index (χ1v) is 6.63. The lowest BCUT2D eigenvalue weighted by atomic mass is 10.4. The Bertz CT molecular complexity index is 331. The Balaban J connectivity index is 2.19. The molecule has 0 amide bonds. The molecule has 0 aliphatic carbocycles. The van der Waals surface area contributed by atoms with E-state index in [2.05, 4.69) is 10.4 Å². The van der Waals surface area contributed by atoms with Crippen molar-refractivity contribution in [3.05, 3.63) is 11.8 Å². The number of methoxy groups -OCH3 is 1. The molecule has 0 saturated heterocycles. The Hall–Kier alpha value is -0.560. The monoisotopic (exact) mass is 259 g/mol. The number of aromatic nitrogens is 2. The quantitative estimate of drug-likeness (QED) is 0.523. The van der Waals surface area contributed by atoms with Gasteiger partial charge in [-0.3, -0.25) is 4.68 Å². The second-order valence-electron chi connectivity index (χ2n) is 3.91. The molecule has 98 valence electrons. The highest BCUT2D eigenvalue weighted by atomic mass is 32.2. The third kappa shape index (κ3) is 5.54. The smallest absolute Gasteiger partial charge is 0.0940 e. The van der Waals surface area contributed by atoms with Gasteiger partial charge in [0.2, 0.25) is 0 Å². The van der Waals surface area contributed by atoms with E-state index in [4.69, 9.17) is 4.74 Å². The van der Waals surface area contributed by atoms with Gasteiger partial charge < -0.3 is 15.2 Å². The summed E-state index contributed by atoms with van der Waals surface area (Å²) in [4.78, 5) is 0. The van der Waals surface area contributed by atoms with E-state index in [1.54, 1.807) is 18.9 Å². The minimum absolute atomic E-state index is 0.355. The van der Waals surface area contributed by atoms with Crippen LogP contribution in [0.5, 0.6) is 0 Å². The topological polar surface area (TPSA) is 59.3 Å². The largest absolute Gasteiger partial charge is 0.391 e. The summed E-state index contributed by atoms with van der Waals surface area (Å²) in [5.74, 6) is 0.666. The third-order valence-corrected chi connectivity index (χ3v) is 3.47. The van der Waals surface area contributed by atoms with Crippen molar-refractivity contribution >= 4 is 11.8 Å². The van der Waals surface area contributed by atoms with E-state index in [1.807, 2.05) is 24.7 Å². The Morgan fingerprint density at radius 3 is 3.00 bits per heavy atom. The normalized spacial score (nSPS) is 12.9. The zero-order chi connectivity index (χ0) is 12.7. The van der Waals surface area contributed by atoms with Gasteiger partial charge in [-0.2, -0.15) is 5.10 Å². The van der Waals surface area contributed by atoms with Crippen LogP contribution in [-0.4, -0.2) is 53.6 Å². The molecule has 0 bridgehead atoms. The first-order valence-electron chi connectivity index (χ1n) is 5.64. The highest BCUT2D eigenvalue weighted by Gasteiger charge is 2.07. The molecule has 1 rings (SSSR count). The van der Waals surface area contributed by atoms with Crippen molar-refractivity contribution in [3.63, 3.8) is 0 Å². The summed E-state index contributed by atoms with van der Waals surface area (Å²) in [5.41, 5.74) is 1.00. The number of thioether (sulfide) groups is 1. The number of hydrogen-bond donors (Lipinski definition) is 2. The molecule has 0 aliphatic rings. The zero-order valence-corrected chi connectivity index (χ0v) is 11.5. The van der Waals surface area contributed by atoms with Crippen LogP contribution in [0.3, 0.4) is 0 Å². The first-order chi connectivity index (χ1) is 8.13. The van der Waals surface area contributed by atoms with Crippen molar-refractivity contribution in [1.82, 2.24) is 15.1 Å². The molecule has 1 aromatic heterocycles. The van der Waals surface area contributed by atoms with Gasteiger partial charge in [-0.15, -0.1) is 11.8 Å². The summed E-state index contributed by atoms with van der Waals surface area (Å²) in [6.45, 7) is 3.99. The predicted octanol–water partition coefficient (Wildman–Crippen LogP) is 0.418. The fraction of sp³-hybridized carbons (Fsp3) is 0.727. The number of aliphatic hydroxyl groups excluding tert-OH is 1. The maximum atomic E-state index is 9.75. The van der Waals surface area contributed by atoms with Gasteiger partial charge in [-0.05, 0) is 13.0 Å². The lowest BCUT2D eigenvalue weighted by Crippen LogP contribution is -2.30. The van der Waals surface area contributed by atoms with Crippen LogP contribution in [0.1, 0.15) is 5.69 Å². The van der Waals surface area contributed by atoms with Gasteiger partial charge in [0.15, 0.2) is 0 Å². The predicted molar refractivity (Wildman–Crippen MR) is 69.4 cm³/mol. The molecule has 5 nitrogen and oxygen atoms in total. The van der Waals surface area contributed by atoms with Crippen molar-refractivity contribution in [2.75, 3.05) is 32.6 Å². The van der Waals surface area contributed by atoms with E-state index in [0.29, 0.717) is 18.9 Å². The molecule has 1 atom stereocenters. The van der Waals surface area contributed by atoms with Gasteiger partial charge in [0, 0.05) is 33.0 Å². The van der Waals surface area contributed by atoms with Crippen molar-refractivity contribution in [1.29, 1.82) is 0 Å². The molecule has 0 spiro atoms. The Kier molecular flexibility index (Phi) is 6.57. The lowest BCUT2D eigenvalue weighted by molar-refractivity contribution is 0.175. The highest BCUT2D eigenvalue weighted by Crippen LogP contribution is 2.18. The highest BCUT2D eigenvalue weighted by molar-refractivity contribution is 7.99. The number of nitrogens with one attached hydrogen (secondary N) is 1. The van der Waals surface area contributed by atoms with Crippen molar-refractivity contribution in [2.24, 2.45) is 7.05 Å². The number of rotatable bonds is 8. The summed E-state index contributed by atoms with van der Waals surface area (Å²) in [5, 5.41) is 18.2. The van der Waals surface area contributed by atoms with E-state index in [-0.39, 0.29) is 6.10 Å². The van der Waals surface area contributed by atoms with E-state index in [9.17, 15) is 5.11 Å². The average Bonchev–Trinajstić information content (AvgIpc) is 2.61. The molecule has 1 aromatic rings. The van der Waals surface area contributed by atoms with Gasteiger partial charge in [-0.1, -0.05) is 0 Å². The molecule has 0 aliphatic heterocycles. The van der Waals surface area contributed by atoms with Gasteiger partial charge in [0.25, 0.3) is 0 Å². The lowest BCUT2D eigenvalue weighted by Gasteiger charge is -2.11. The SMILES string of the molecule is COCCNCC(O)CSc1cc(C)nn1C. The van der Waals surface area contributed by atoms with E-state index >= 15 is 0 Å². The molecule has 2 N–H and O–H groups in total. The van der Waals surface area contributed by atoms with Crippen LogP contribution in [0.15, 0.2) is 11.1 Å². The van der Waals surface area contributed by atoms with Crippen LogP contribution >= 0.6 is 11.8 Å². The molecule has 0 saturated carbocycles. The molecular formula is C11H21N3O2S. The van der Waals surface area contributed by atoms with Gasteiger partial charge >= 0.3 is 0 Å². The van der Waals surface area contributed by atoms with E-state index < -0.39 is 0 Å². The van der Waals surface area contributed by atoms with Crippen molar-refractivity contribution in [3.8, 4) is 0 Å². The number of hydrogen-bond acceptors (Lipinski definition) is 5. The second kappa shape index (κ2) is 7.71. The van der Waals surface area contributed by atoms with Crippen LogP contribution < -0.4 is 5.32 Å². The Morgan fingerprint density at radius 1 is 1.65 bits per heavy atom. The van der Waals surface area contributed by atoms with Gasteiger partial charge in [-0.25, -0.2) is 0 Å². The van der Waals surface area contributed by atoms with Crippen LogP contribution in [-0.2, 0) is 11.8 Å². The molecular weight excluding hydrogens is 238 g/mol. The first kappa shape index (κ1) is 14.5.